The van der Waals surface area contributed by atoms with Crippen LogP contribution in [0.25, 0.3) is 0 Å². The minimum atomic E-state index is -0.778. The number of aliphatic carboxylic acids is 1. The quantitative estimate of drug-likeness (QED) is 0.769. The van der Waals surface area contributed by atoms with Crippen molar-refractivity contribution in [3.63, 3.8) is 0 Å². The van der Waals surface area contributed by atoms with Gasteiger partial charge in [0.15, 0.2) is 0 Å². The Morgan fingerprint density at radius 2 is 2.16 bits per heavy atom. The monoisotopic (exact) mass is 261 g/mol. The summed E-state index contributed by atoms with van der Waals surface area (Å²) in [6.45, 7) is 2.24. The van der Waals surface area contributed by atoms with Gasteiger partial charge in [0.25, 0.3) is 0 Å². The lowest BCUT2D eigenvalue weighted by Crippen LogP contribution is -2.36. The van der Waals surface area contributed by atoms with Crippen LogP contribution in [0.2, 0.25) is 0 Å². The number of carbonyl (C=O) groups is 2. The van der Waals surface area contributed by atoms with Gasteiger partial charge in [-0.25, -0.2) is 0 Å². The molecule has 1 aromatic carbocycles. The van der Waals surface area contributed by atoms with Gasteiger partial charge in [-0.3, -0.25) is 9.59 Å². The van der Waals surface area contributed by atoms with Crippen LogP contribution >= 0.6 is 0 Å². The van der Waals surface area contributed by atoms with Crippen LogP contribution in [0.4, 0.5) is 0 Å². The molecule has 0 aromatic heterocycles. The average molecular weight is 261 g/mol. The topological polar surface area (TPSA) is 66.4 Å². The van der Waals surface area contributed by atoms with Crippen LogP contribution in [0.5, 0.6) is 0 Å². The second-order valence-electron chi connectivity index (χ2n) is 5.13. The van der Waals surface area contributed by atoms with Crippen LogP contribution in [-0.4, -0.2) is 23.5 Å². The minimum Gasteiger partial charge on any atom is -0.481 e. The van der Waals surface area contributed by atoms with Gasteiger partial charge >= 0.3 is 5.97 Å². The summed E-state index contributed by atoms with van der Waals surface area (Å²) < 4.78 is 0. The summed E-state index contributed by atoms with van der Waals surface area (Å²) in [5, 5.41) is 11.6. The molecule has 0 radical (unpaired) electrons. The van der Waals surface area contributed by atoms with E-state index in [0.29, 0.717) is 19.4 Å². The highest BCUT2D eigenvalue weighted by atomic mass is 16.4. The molecular weight excluding hydrogens is 242 g/mol. The molecule has 1 aliphatic rings. The normalized spacial score (nSPS) is 18.1. The second-order valence-corrected chi connectivity index (χ2v) is 5.13. The van der Waals surface area contributed by atoms with E-state index in [-0.39, 0.29) is 17.7 Å². The lowest BCUT2D eigenvalue weighted by Gasteiger charge is -2.28. The van der Waals surface area contributed by atoms with E-state index in [4.69, 9.17) is 5.11 Å². The van der Waals surface area contributed by atoms with Crippen molar-refractivity contribution in [3.8, 4) is 0 Å². The molecule has 2 rings (SSSR count). The van der Waals surface area contributed by atoms with E-state index in [1.165, 1.54) is 5.56 Å². The molecule has 1 aromatic rings. The molecular formula is C15H19NO3. The predicted molar refractivity (Wildman–Crippen MR) is 71.9 cm³/mol. The fraction of sp³-hybridized carbons (Fsp3) is 0.467. The van der Waals surface area contributed by atoms with Crippen molar-refractivity contribution in [3.05, 3.63) is 35.4 Å². The van der Waals surface area contributed by atoms with Crippen molar-refractivity contribution in [1.82, 2.24) is 5.32 Å². The zero-order chi connectivity index (χ0) is 13.8. The van der Waals surface area contributed by atoms with Crippen LogP contribution in [-0.2, 0) is 16.0 Å². The molecule has 4 heteroatoms. The van der Waals surface area contributed by atoms with Crippen molar-refractivity contribution >= 4 is 11.9 Å². The van der Waals surface area contributed by atoms with Gasteiger partial charge in [0.1, 0.15) is 0 Å². The summed E-state index contributed by atoms with van der Waals surface area (Å²) in [4.78, 5) is 22.6. The minimum absolute atomic E-state index is 0.0203. The molecule has 0 bridgehead atoms. The van der Waals surface area contributed by atoms with Gasteiger partial charge < -0.3 is 10.4 Å². The van der Waals surface area contributed by atoms with Gasteiger partial charge in [-0.1, -0.05) is 31.2 Å². The Kier molecular flexibility index (Phi) is 4.20. The Balaban J connectivity index is 1.71. The van der Waals surface area contributed by atoms with Crippen molar-refractivity contribution in [2.45, 2.75) is 32.1 Å². The predicted octanol–water partition coefficient (Wildman–Crippen LogP) is 1.94. The Morgan fingerprint density at radius 1 is 1.42 bits per heavy atom. The molecule has 2 N–H and O–H groups in total. The molecule has 0 saturated carbocycles. The van der Waals surface area contributed by atoms with Gasteiger partial charge in [0.2, 0.25) is 5.91 Å². The van der Waals surface area contributed by atoms with E-state index in [1.54, 1.807) is 6.92 Å². The van der Waals surface area contributed by atoms with Crippen LogP contribution in [0.15, 0.2) is 24.3 Å². The number of fused-ring (bicyclic) bond motifs is 1. The summed E-state index contributed by atoms with van der Waals surface area (Å²) in [5.41, 5.74) is 2.38. The standard InChI is InChI=1S/C15H19NO3/c1-10(15(18)19)5-4-8-16-14(17)13-9-11-6-2-3-7-12(11)13/h2-3,6-7,10,13H,4-5,8-9H2,1H3,(H,16,17)(H,18,19). The number of benzene rings is 1. The summed E-state index contributed by atoms with van der Waals surface area (Å²) in [6.07, 6.45) is 2.11. The van der Waals surface area contributed by atoms with Crippen LogP contribution < -0.4 is 5.32 Å². The molecule has 0 heterocycles. The SMILES string of the molecule is CC(CCCNC(=O)C1Cc2ccccc21)C(=O)O. The summed E-state index contributed by atoms with van der Waals surface area (Å²) in [6, 6.07) is 7.98. The summed E-state index contributed by atoms with van der Waals surface area (Å²) in [7, 11) is 0. The first-order valence-electron chi connectivity index (χ1n) is 6.68. The molecule has 19 heavy (non-hydrogen) atoms. The summed E-state index contributed by atoms with van der Waals surface area (Å²) in [5.74, 6) is -1.09. The first-order valence-corrected chi connectivity index (χ1v) is 6.68. The number of amides is 1. The third-order valence-corrected chi connectivity index (χ3v) is 3.71. The first kappa shape index (κ1) is 13.6. The summed E-state index contributed by atoms with van der Waals surface area (Å²) >= 11 is 0. The molecule has 2 unspecified atom stereocenters. The lowest BCUT2D eigenvalue weighted by atomic mass is 9.77. The van der Waals surface area contributed by atoms with Crippen molar-refractivity contribution in [1.29, 1.82) is 0 Å². The number of rotatable bonds is 6. The number of carbonyl (C=O) groups excluding carboxylic acids is 1. The Hall–Kier alpha value is -1.84. The van der Waals surface area contributed by atoms with Crippen molar-refractivity contribution in [2.24, 2.45) is 5.92 Å². The fourth-order valence-electron chi connectivity index (χ4n) is 2.36. The molecule has 1 aliphatic carbocycles. The van der Waals surface area contributed by atoms with Crippen molar-refractivity contribution in [2.75, 3.05) is 6.54 Å². The number of carboxylic acids is 1. The third kappa shape index (κ3) is 3.13. The van der Waals surface area contributed by atoms with E-state index >= 15 is 0 Å². The maximum Gasteiger partial charge on any atom is 0.306 e. The van der Waals surface area contributed by atoms with Gasteiger partial charge in [-0.15, -0.1) is 0 Å². The molecule has 4 nitrogen and oxygen atoms in total. The zero-order valence-electron chi connectivity index (χ0n) is 11.1. The van der Waals surface area contributed by atoms with E-state index in [9.17, 15) is 9.59 Å². The molecule has 1 amide bonds. The highest BCUT2D eigenvalue weighted by Crippen LogP contribution is 2.34. The zero-order valence-corrected chi connectivity index (χ0v) is 11.1. The number of carboxylic acid groups (broad SMARTS) is 1. The molecule has 102 valence electrons. The van der Waals surface area contributed by atoms with Gasteiger partial charge in [0, 0.05) is 6.54 Å². The average Bonchev–Trinajstić information content (AvgIpc) is 2.35. The highest BCUT2D eigenvalue weighted by molar-refractivity contribution is 5.86. The maximum absolute atomic E-state index is 11.9. The molecule has 0 fully saturated rings. The van der Waals surface area contributed by atoms with E-state index < -0.39 is 5.97 Å². The second kappa shape index (κ2) is 5.87. The highest BCUT2D eigenvalue weighted by Gasteiger charge is 2.31. The van der Waals surface area contributed by atoms with Crippen LogP contribution in [0, 0.1) is 5.92 Å². The number of nitrogens with one attached hydrogen (secondary N) is 1. The Bertz CT molecular complexity index is 484. The molecule has 0 saturated heterocycles. The lowest BCUT2D eigenvalue weighted by molar-refractivity contribution is -0.141. The van der Waals surface area contributed by atoms with Gasteiger partial charge in [-0.2, -0.15) is 0 Å². The molecule has 0 aliphatic heterocycles. The van der Waals surface area contributed by atoms with E-state index in [1.807, 2.05) is 24.3 Å². The van der Waals surface area contributed by atoms with Gasteiger partial charge in [-0.05, 0) is 30.4 Å². The largest absolute Gasteiger partial charge is 0.481 e. The Labute approximate surface area is 112 Å². The third-order valence-electron chi connectivity index (χ3n) is 3.71. The number of hydrogen-bond acceptors (Lipinski definition) is 2. The fourth-order valence-corrected chi connectivity index (χ4v) is 2.36. The molecule has 2 atom stereocenters. The van der Waals surface area contributed by atoms with Crippen LogP contribution in [0.3, 0.4) is 0 Å². The van der Waals surface area contributed by atoms with Crippen LogP contribution in [0.1, 0.15) is 36.8 Å². The number of hydrogen-bond donors (Lipinski definition) is 2. The first-order chi connectivity index (χ1) is 9.09. The van der Waals surface area contributed by atoms with Gasteiger partial charge in [0.05, 0.1) is 11.8 Å². The van der Waals surface area contributed by atoms with E-state index in [2.05, 4.69) is 5.32 Å². The Morgan fingerprint density at radius 3 is 2.84 bits per heavy atom. The van der Waals surface area contributed by atoms with E-state index in [0.717, 1.165) is 12.0 Å². The smallest absolute Gasteiger partial charge is 0.306 e. The van der Waals surface area contributed by atoms with Crippen molar-refractivity contribution < 1.29 is 14.7 Å². The maximum atomic E-state index is 11.9. The molecule has 0 spiro atoms.